The van der Waals surface area contributed by atoms with Crippen LogP contribution in [0.15, 0.2) is 89.8 Å². The number of benzene rings is 4. The van der Waals surface area contributed by atoms with E-state index < -0.39 is 16.0 Å². The quantitative estimate of drug-likeness (QED) is 0.162. The maximum absolute atomic E-state index is 14.4. The third kappa shape index (κ3) is 6.39. The van der Waals surface area contributed by atoms with Crippen molar-refractivity contribution in [3.63, 3.8) is 0 Å². The molecule has 4 aromatic carbocycles. The molecule has 9 nitrogen and oxygen atoms in total. The lowest BCUT2D eigenvalue weighted by Crippen LogP contribution is -2.39. The minimum absolute atomic E-state index is 0.0218. The lowest BCUT2D eigenvalue weighted by Gasteiger charge is -2.35. The number of carbonyl (C=O) groups is 2. The van der Waals surface area contributed by atoms with Crippen molar-refractivity contribution in [2.75, 3.05) is 22.3 Å². The fraction of sp³-hybridized carbons (Fsp3) is 0.242. The van der Waals surface area contributed by atoms with Crippen molar-refractivity contribution in [1.29, 1.82) is 5.41 Å². The molecule has 4 N–H and O–H groups in total. The number of anilines is 2. The topological polar surface area (TPSA) is 145 Å². The number of amidine groups is 1. The number of rotatable bonds is 11. The van der Waals surface area contributed by atoms with Gasteiger partial charge < -0.3 is 15.7 Å². The smallest absolute Gasteiger partial charge is 0.303 e. The van der Waals surface area contributed by atoms with Gasteiger partial charge in [-0.15, -0.1) is 0 Å². The second-order valence-electron chi connectivity index (χ2n) is 10.6. The molecule has 0 atom stereocenters. The predicted octanol–water partition coefficient (Wildman–Crippen LogP) is 5.10. The molecule has 1 amide bonds. The predicted molar refractivity (Wildman–Crippen MR) is 168 cm³/mol. The van der Waals surface area contributed by atoms with Crippen LogP contribution < -0.4 is 14.9 Å². The number of hydrogen-bond donors (Lipinski definition) is 3. The first-order valence-electron chi connectivity index (χ1n) is 14.2. The molecular formula is C33H34N4O5S. The van der Waals surface area contributed by atoms with Crippen molar-refractivity contribution in [2.45, 2.75) is 43.4 Å². The number of nitrogens with two attached hydrogens (primary N) is 1. The third-order valence-electron chi connectivity index (χ3n) is 7.73. The van der Waals surface area contributed by atoms with Crippen LogP contribution in [0.5, 0.6) is 0 Å². The van der Waals surface area contributed by atoms with Crippen LogP contribution in [0, 0.1) is 5.41 Å². The van der Waals surface area contributed by atoms with E-state index in [1.54, 1.807) is 53.4 Å². The van der Waals surface area contributed by atoms with Gasteiger partial charge in [0.05, 0.1) is 16.3 Å². The highest BCUT2D eigenvalue weighted by Gasteiger charge is 2.33. The highest BCUT2D eigenvalue weighted by atomic mass is 32.2. The number of nitrogen functional groups attached to an aromatic ring is 1. The second-order valence-corrected chi connectivity index (χ2v) is 12.4. The van der Waals surface area contributed by atoms with Crippen molar-refractivity contribution in [1.82, 2.24) is 0 Å². The van der Waals surface area contributed by atoms with Crippen LogP contribution in [0.4, 0.5) is 11.4 Å². The molecule has 1 aliphatic rings. The lowest BCUT2D eigenvalue weighted by atomic mass is 9.99. The van der Waals surface area contributed by atoms with Crippen molar-refractivity contribution in [3.05, 3.63) is 102 Å². The van der Waals surface area contributed by atoms with E-state index in [-0.39, 0.29) is 42.4 Å². The molecule has 10 heteroatoms. The number of carboxylic acid groups (broad SMARTS) is 1. The summed E-state index contributed by atoms with van der Waals surface area (Å²) >= 11 is 0. The van der Waals surface area contributed by atoms with Gasteiger partial charge in [0, 0.05) is 36.9 Å². The van der Waals surface area contributed by atoms with Gasteiger partial charge in [0.15, 0.2) is 0 Å². The Morgan fingerprint density at radius 3 is 2.40 bits per heavy atom. The Morgan fingerprint density at radius 1 is 0.930 bits per heavy atom. The third-order valence-corrected chi connectivity index (χ3v) is 9.60. The van der Waals surface area contributed by atoms with Gasteiger partial charge in [-0.3, -0.25) is 19.3 Å². The van der Waals surface area contributed by atoms with E-state index >= 15 is 0 Å². The highest BCUT2D eigenvalue weighted by molar-refractivity contribution is 7.93. The molecule has 0 spiro atoms. The maximum atomic E-state index is 14.4. The number of aliphatic carboxylic acids is 1. The van der Waals surface area contributed by atoms with E-state index in [0.29, 0.717) is 41.7 Å². The van der Waals surface area contributed by atoms with Gasteiger partial charge in [-0.05, 0) is 54.3 Å². The summed E-state index contributed by atoms with van der Waals surface area (Å²) in [7, 11) is -4.15. The summed E-state index contributed by atoms with van der Waals surface area (Å²) in [5.41, 5.74) is 8.90. The molecule has 0 bridgehead atoms. The van der Waals surface area contributed by atoms with Crippen molar-refractivity contribution in [3.8, 4) is 0 Å². The zero-order valence-corrected chi connectivity index (χ0v) is 24.5. The summed E-state index contributed by atoms with van der Waals surface area (Å²) < 4.78 is 30.1. The minimum atomic E-state index is -4.15. The van der Waals surface area contributed by atoms with Crippen LogP contribution in [0.25, 0.3) is 10.8 Å². The van der Waals surface area contributed by atoms with E-state index in [0.717, 1.165) is 22.9 Å². The van der Waals surface area contributed by atoms with Crippen LogP contribution in [-0.4, -0.2) is 44.3 Å². The van der Waals surface area contributed by atoms with Gasteiger partial charge in [0.1, 0.15) is 5.84 Å². The summed E-state index contributed by atoms with van der Waals surface area (Å²) in [6, 6.07) is 25.0. The SMILES string of the molecule is N=C(N)c1ccc(CCC(=O)N2CCCc3cccc(N(CCCC(=O)O)S(=O)(=O)c4cccc5ccccc45)c32)cc1. The molecule has 222 valence electrons. The summed E-state index contributed by atoms with van der Waals surface area (Å²) in [6.45, 7) is 0.391. The van der Waals surface area contributed by atoms with Crippen molar-refractivity contribution >= 4 is 49.9 Å². The normalized spacial score (nSPS) is 13.0. The monoisotopic (exact) mass is 598 g/mol. The number of hydrogen-bond acceptors (Lipinski definition) is 5. The van der Waals surface area contributed by atoms with Gasteiger partial charge in [-0.1, -0.05) is 72.8 Å². The Bertz CT molecular complexity index is 1780. The second kappa shape index (κ2) is 12.7. The van der Waals surface area contributed by atoms with Crippen molar-refractivity contribution < 1.29 is 23.1 Å². The van der Waals surface area contributed by atoms with E-state index in [4.69, 9.17) is 11.1 Å². The highest BCUT2D eigenvalue weighted by Crippen LogP contribution is 2.40. The molecule has 5 rings (SSSR count). The van der Waals surface area contributed by atoms with Gasteiger partial charge in [0.2, 0.25) is 5.91 Å². The molecule has 0 aromatic heterocycles. The number of nitrogens with zero attached hydrogens (tertiary/aromatic N) is 2. The summed E-state index contributed by atoms with van der Waals surface area (Å²) in [5.74, 6) is -1.16. The van der Waals surface area contributed by atoms with Crippen LogP contribution in [0.2, 0.25) is 0 Å². The van der Waals surface area contributed by atoms with Crippen LogP contribution in [-0.2, 0) is 32.5 Å². The van der Waals surface area contributed by atoms with Crippen molar-refractivity contribution in [2.24, 2.45) is 5.73 Å². The molecule has 0 saturated heterocycles. The first kappa shape index (κ1) is 29.8. The maximum Gasteiger partial charge on any atom is 0.303 e. The van der Waals surface area contributed by atoms with Gasteiger partial charge in [0.25, 0.3) is 10.0 Å². The number of carboxylic acids is 1. The van der Waals surface area contributed by atoms with Crippen LogP contribution in [0.1, 0.15) is 42.4 Å². The molecule has 0 saturated carbocycles. The number of nitrogens with one attached hydrogen (secondary N) is 1. The van der Waals surface area contributed by atoms with E-state index in [1.807, 2.05) is 36.4 Å². The standard InChI is InChI=1S/C33H34N4O5S/c34-33(35)26-18-15-23(16-19-26)17-20-30(38)36-21-5-10-25-9-3-12-28(32(25)36)37(22-6-14-31(39)40)43(41,42)29-13-4-8-24-7-1-2-11-27(24)29/h1-4,7-9,11-13,15-16,18-19H,5-6,10,14,17,20-22H2,(H3,34,35)(H,39,40). The Balaban J connectivity index is 1.52. The number of para-hydroxylation sites is 1. The number of sulfonamides is 1. The van der Waals surface area contributed by atoms with Crippen LogP contribution >= 0.6 is 0 Å². The summed E-state index contributed by atoms with van der Waals surface area (Å²) in [6.07, 6.45) is 2.03. The fourth-order valence-corrected chi connectivity index (χ4v) is 7.33. The zero-order valence-electron chi connectivity index (χ0n) is 23.7. The van der Waals surface area contributed by atoms with Gasteiger partial charge >= 0.3 is 5.97 Å². The van der Waals surface area contributed by atoms with Gasteiger partial charge in [-0.2, -0.15) is 0 Å². The summed E-state index contributed by atoms with van der Waals surface area (Å²) in [5, 5.41) is 18.2. The van der Waals surface area contributed by atoms with E-state index in [9.17, 15) is 23.1 Å². The molecule has 4 aromatic rings. The first-order chi connectivity index (χ1) is 20.7. The number of aryl methyl sites for hydroxylation is 2. The first-order valence-corrected chi connectivity index (χ1v) is 15.7. The Kier molecular flexibility index (Phi) is 8.77. The molecule has 0 aliphatic carbocycles. The van der Waals surface area contributed by atoms with Crippen LogP contribution in [0.3, 0.4) is 0 Å². The molecular weight excluding hydrogens is 564 g/mol. The minimum Gasteiger partial charge on any atom is -0.481 e. The molecule has 0 radical (unpaired) electrons. The molecule has 43 heavy (non-hydrogen) atoms. The fourth-order valence-electron chi connectivity index (χ4n) is 5.60. The largest absolute Gasteiger partial charge is 0.481 e. The average molecular weight is 599 g/mol. The molecule has 0 fully saturated rings. The summed E-state index contributed by atoms with van der Waals surface area (Å²) in [4.78, 5) is 26.9. The molecule has 0 unspecified atom stereocenters. The van der Waals surface area contributed by atoms with E-state index in [1.165, 1.54) is 4.31 Å². The lowest BCUT2D eigenvalue weighted by molar-refractivity contribution is -0.137. The zero-order chi connectivity index (χ0) is 30.6. The number of amides is 1. The Hall–Kier alpha value is -4.70. The molecule has 1 heterocycles. The number of carbonyl (C=O) groups excluding carboxylic acids is 1. The molecule has 1 aliphatic heterocycles. The Labute approximate surface area is 251 Å². The van der Waals surface area contributed by atoms with E-state index in [2.05, 4.69) is 0 Å². The number of fused-ring (bicyclic) bond motifs is 2. The average Bonchev–Trinajstić information content (AvgIpc) is 3.01. The van der Waals surface area contributed by atoms with Gasteiger partial charge in [-0.25, -0.2) is 8.42 Å². The Morgan fingerprint density at radius 2 is 1.65 bits per heavy atom.